The molecule has 4 nitrogen and oxygen atoms in total. The molecule has 1 fully saturated rings. The normalized spacial score (nSPS) is 16.0. The van der Waals surface area contributed by atoms with E-state index in [0.29, 0.717) is 19.1 Å². The second-order valence-electron chi connectivity index (χ2n) is 6.10. The molecule has 0 aromatic heterocycles. The SMILES string of the molecule is COCCOCC1CCN(C(=O)c2ccc(C)c(C)c2)CC1. The lowest BCUT2D eigenvalue weighted by Crippen LogP contribution is -2.39. The van der Waals surface area contributed by atoms with Crippen LogP contribution in [0, 0.1) is 19.8 Å². The number of carbonyl (C=O) groups excluding carboxylic acids is 1. The van der Waals surface area contributed by atoms with Crippen molar-refractivity contribution >= 4 is 5.91 Å². The number of benzene rings is 1. The lowest BCUT2D eigenvalue weighted by molar-refractivity contribution is 0.0327. The van der Waals surface area contributed by atoms with Crippen LogP contribution in [-0.2, 0) is 9.47 Å². The monoisotopic (exact) mass is 305 g/mol. The average Bonchev–Trinajstić information content (AvgIpc) is 2.54. The van der Waals surface area contributed by atoms with Gasteiger partial charge in [0.25, 0.3) is 5.91 Å². The second kappa shape index (κ2) is 8.30. The summed E-state index contributed by atoms with van der Waals surface area (Å²) in [6.45, 7) is 7.83. The smallest absolute Gasteiger partial charge is 0.253 e. The summed E-state index contributed by atoms with van der Waals surface area (Å²) in [5.41, 5.74) is 3.20. The van der Waals surface area contributed by atoms with Crippen LogP contribution in [0.3, 0.4) is 0 Å². The van der Waals surface area contributed by atoms with Gasteiger partial charge in [0.1, 0.15) is 0 Å². The number of rotatable bonds is 6. The van der Waals surface area contributed by atoms with Crippen molar-refractivity contribution < 1.29 is 14.3 Å². The molecule has 4 heteroatoms. The van der Waals surface area contributed by atoms with E-state index in [2.05, 4.69) is 13.8 Å². The van der Waals surface area contributed by atoms with Gasteiger partial charge in [0, 0.05) is 32.4 Å². The highest BCUT2D eigenvalue weighted by molar-refractivity contribution is 5.94. The lowest BCUT2D eigenvalue weighted by atomic mass is 9.97. The molecule has 0 atom stereocenters. The molecular formula is C18H27NO3. The molecular weight excluding hydrogens is 278 g/mol. The summed E-state index contributed by atoms with van der Waals surface area (Å²) in [6.07, 6.45) is 2.03. The molecule has 1 aliphatic heterocycles. The lowest BCUT2D eigenvalue weighted by Gasteiger charge is -2.32. The van der Waals surface area contributed by atoms with Crippen molar-refractivity contribution in [1.29, 1.82) is 0 Å². The maximum absolute atomic E-state index is 12.5. The Morgan fingerprint density at radius 1 is 1.18 bits per heavy atom. The standard InChI is InChI=1S/C18H27NO3/c1-14-4-5-17(12-15(14)2)18(20)19-8-6-16(7-9-19)13-22-11-10-21-3/h4-5,12,16H,6-11,13H2,1-3H3. The predicted octanol–water partition coefficient (Wildman–Crippen LogP) is 2.82. The third kappa shape index (κ3) is 4.55. The average molecular weight is 305 g/mol. The van der Waals surface area contributed by atoms with Gasteiger partial charge in [-0.2, -0.15) is 0 Å². The van der Waals surface area contributed by atoms with E-state index in [4.69, 9.17) is 9.47 Å². The van der Waals surface area contributed by atoms with Gasteiger partial charge < -0.3 is 14.4 Å². The van der Waals surface area contributed by atoms with Gasteiger partial charge in [-0.1, -0.05) is 6.07 Å². The highest BCUT2D eigenvalue weighted by atomic mass is 16.5. The minimum atomic E-state index is 0.154. The fourth-order valence-electron chi connectivity index (χ4n) is 2.75. The van der Waals surface area contributed by atoms with Crippen molar-refractivity contribution in [1.82, 2.24) is 4.90 Å². The third-order valence-electron chi connectivity index (χ3n) is 4.44. The maximum atomic E-state index is 12.5. The number of methoxy groups -OCH3 is 1. The summed E-state index contributed by atoms with van der Waals surface area (Å²) in [5, 5.41) is 0. The number of nitrogens with zero attached hydrogens (tertiary/aromatic N) is 1. The highest BCUT2D eigenvalue weighted by Gasteiger charge is 2.23. The predicted molar refractivity (Wildman–Crippen MR) is 87.2 cm³/mol. The van der Waals surface area contributed by atoms with Crippen LogP contribution in [0.15, 0.2) is 18.2 Å². The van der Waals surface area contributed by atoms with E-state index in [1.54, 1.807) is 7.11 Å². The molecule has 0 radical (unpaired) electrons. The highest BCUT2D eigenvalue weighted by Crippen LogP contribution is 2.20. The van der Waals surface area contributed by atoms with Crippen LogP contribution in [0.1, 0.15) is 34.3 Å². The molecule has 1 aromatic carbocycles. The molecule has 1 aliphatic rings. The van der Waals surface area contributed by atoms with Crippen LogP contribution < -0.4 is 0 Å². The van der Waals surface area contributed by atoms with E-state index in [0.717, 1.165) is 38.1 Å². The quantitative estimate of drug-likeness (QED) is 0.759. The molecule has 0 aliphatic carbocycles. The fourth-order valence-corrected chi connectivity index (χ4v) is 2.75. The first-order valence-corrected chi connectivity index (χ1v) is 8.05. The topological polar surface area (TPSA) is 38.8 Å². The molecule has 0 unspecified atom stereocenters. The van der Waals surface area contributed by atoms with E-state index in [1.807, 2.05) is 23.1 Å². The molecule has 0 bridgehead atoms. The Morgan fingerprint density at radius 2 is 1.91 bits per heavy atom. The molecule has 0 N–H and O–H groups in total. The van der Waals surface area contributed by atoms with Gasteiger partial charge in [0.2, 0.25) is 0 Å². The van der Waals surface area contributed by atoms with Crippen molar-refractivity contribution in [2.75, 3.05) is 40.0 Å². The van der Waals surface area contributed by atoms with Crippen LogP contribution in [0.5, 0.6) is 0 Å². The van der Waals surface area contributed by atoms with E-state index in [9.17, 15) is 4.79 Å². The zero-order chi connectivity index (χ0) is 15.9. The second-order valence-corrected chi connectivity index (χ2v) is 6.10. The van der Waals surface area contributed by atoms with E-state index >= 15 is 0 Å². The number of ether oxygens (including phenoxy) is 2. The van der Waals surface area contributed by atoms with E-state index < -0.39 is 0 Å². The summed E-state index contributed by atoms with van der Waals surface area (Å²) >= 11 is 0. The minimum Gasteiger partial charge on any atom is -0.382 e. The zero-order valence-corrected chi connectivity index (χ0v) is 13.9. The number of amides is 1. The molecule has 2 rings (SSSR count). The van der Waals surface area contributed by atoms with Gasteiger partial charge in [-0.15, -0.1) is 0 Å². The van der Waals surface area contributed by atoms with Crippen LogP contribution in [-0.4, -0.2) is 50.8 Å². The number of carbonyl (C=O) groups is 1. The molecule has 0 spiro atoms. The number of hydrogen-bond donors (Lipinski definition) is 0. The van der Waals surface area contributed by atoms with Crippen LogP contribution in [0.25, 0.3) is 0 Å². The number of likely N-dealkylation sites (tertiary alicyclic amines) is 1. The molecule has 1 amide bonds. The first-order valence-electron chi connectivity index (χ1n) is 8.05. The van der Waals surface area contributed by atoms with Gasteiger partial charge in [-0.25, -0.2) is 0 Å². The fraction of sp³-hybridized carbons (Fsp3) is 0.611. The maximum Gasteiger partial charge on any atom is 0.253 e. The number of hydrogen-bond acceptors (Lipinski definition) is 3. The summed E-state index contributed by atoms with van der Waals surface area (Å²) in [5.74, 6) is 0.711. The molecule has 22 heavy (non-hydrogen) atoms. The molecule has 1 heterocycles. The minimum absolute atomic E-state index is 0.154. The Balaban J connectivity index is 1.80. The van der Waals surface area contributed by atoms with Gasteiger partial charge >= 0.3 is 0 Å². The van der Waals surface area contributed by atoms with Crippen molar-refractivity contribution in [2.24, 2.45) is 5.92 Å². The van der Waals surface area contributed by atoms with E-state index in [1.165, 1.54) is 11.1 Å². The van der Waals surface area contributed by atoms with Crippen molar-refractivity contribution in [3.8, 4) is 0 Å². The number of piperidine rings is 1. The van der Waals surface area contributed by atoms with Crippen LogP contribution in [0.2, 0.25) is 0 Å². The van der Waals surface area contributed by atoms with Crippen molar-refractivity contribution in [2.45, 2.75) is 26.7 Å². The third-order valence-corrected chi connectivity index (χ3v) is 4.44. The van der Waals surface area contributed by atoms with E-state index in [-0.39, 0.29) is 5.91 Å². The first-order chi connectivity index (χ1) is 10.6. The zero-order valence-electron chi connectivity index (χ0n) is 13.9. The van der Waals surface area contributed by atoms with Gasteiger partial charge in [0.05, 0.1) is 13.2 Å². The Bertz CT molecular complexity index is 493. The summed E-state index contributed by atoms with van der Waals surface area (Å²) in [4.78, 5) is 14.5. The Kier molecular flexibility index (Phi) is 6.40. The largest absolute Gasteiger partial charge is 0.382 e. The summed E-state index contributed by atoms with van der Waals surface area (Å²) < 4.78 is 10.6. The van der Waals surface area contributed by atoms with Crippen LogP contribution in [0.4, 0.5) is 0 Å². The summed E-state index contributed by atoms with van der Waals surface area (Å²) in [7, 11) is 1.68. The molecule has 1 saturated heterocycles. The molecule has 122 valence electrons. The van der Waals surface area contributed by atoms with Crippen LogP contribution >= 0.6 is 0 Å². The Labute approximate surface area is 133 Å². The van der Waals surface area contributed by atoms with Crippen molar-refractivity contribution in [3.05, 3.63) is 34.9 Å². The van der Waals surface area contributed by atoms with Gasteiger partial charge in [-0.3, -0.25) is 4.79 Å². The summed E-state index contributed by atoms with van der Waals surface area (Å²) in [6, 6.07) is 5.96. The first kappa shape index (κ1) is 17.0. The van der Waals surface area contributed by atoms with Crippen molar-refractivity contribution in [3.63, 3.8) is 0 Å². The number of aryl methyl sites for hydroxylation is 2. The Morgan fingerprint density at radius 3 is 2.55 bits per heavy atom. The molecule has 1 aromatic rings. The van der Waals surface area contributed by atoms with Gasteiger partial charge in [0.15, 0.2) is 0 Å². The molecule has 0 saturated carbocycles. The Hall–Kier alpha value is -1.39. The van der Waals surface area contributed by atoms with Gasteiger partial charge in [-0.05, 0) is 55.9 Å².